The van der Waals surface area contributed by atoms with Gasteiger partial charge in [0, 0.05) is 23.0 Å². The van der Waals surface area contributed by atoms with Gasteiger partial charge in [-0.1, -0.05) is 6.07 Å². The molecule has 2 nitrogen and oxygen atoms in total. The van der Waals surface area contributed by atoms with E-state index in [9.17, 15) is 17.6 Å². The van der Waals surface area contributed by atoms with Crippen molar-refractivity contribution in [1.29, 1.82) is 0 Å². The Hall–Kier alpha value is -2.11. The second kappa shape index (κ2) is 4.29. The van der Waals surface area contributed by atoms with E-state index >= 15 is 0 Å². The minimum absolute atomic E-state index is 0.150. The van der Waals surface area contributed by atoms with Crippen LogP contribution in [0.3, 0.4) is 0 Å². The molecule has 1 aromatic heterocycles. The Morgan fingerprint density at radius 1 is 1.06 bits per heavy atom. The zero-order valence-corrected chi connectivity index (χ0v) is 9.00. The van der Waals surface area contributed by atoms with Crippen molar-refractivity contribution < 1.29 is 17.6 Å². The van der Waals surface area contributed by atoms with E-state index in [1.165, 1.54) is 18.2 Å². The van der Waals surface area contributed by atoms with Gasteiger partial charge < -0.3 is 5.73 Å². The van der Waals surface area contributed by atoms with Crippen molar-refractivity contribution in [2.24, 2.45) is 0 Å². The van der Waals surface area contributed by atoms with Crippen molar-refractivity contribution in [3.63, 3.8) is 0 Å². The Kier molecular flexibility index (Phi) is 2.94. The summed E-state index contributed by atoms with van der Waals surface area (Å²) in [4.78, 5) is 3.32. The quantitative estimate of drug-likeness (QED) is 0.626. The Morgan fingerprint density at radius 3 is 2.28 bits per heavy atom. The minimum Gasteiger partial charge on any atom is -0.398 e. The summed E-state index contributed by atoms with van der Waals surface area (Å²) in [6.07, 6.45) is -3.42. The lowest BCUT2D eigenvalue weighted by molar-refractivity contribution is -0.141. The highest BCUT2D eigenvalue weighted by molar-refractivity contribution is 5.75. The highest BCUT2D eigenvalue weighted by atomic mass is 19.4. The van der Waals surface area contributed by atoms with Gasteiger partial charge in [-0.3, -0.25) is 4.98 Å². The average Bonchev–Trinajstić information content (AvgIpc) is 2.28. The summed E-state index contributed by atoms with van der Waals surface area (Å²) in [5, 5.41) is 0. The van der Waals surface area contributed by atoms with E-state index in [2.05, 4.69) is 4.98 Å². The van der Waals surface area contributed by atoms with E-state index < -0.39 is 17.7 Å². The highest BCUT2D eigenvalue weighted by Gasteiger charge is 2.32. The maximum atomic E-state index is 12.8. The monoisotopic (exact) mass is 256 g/mol. The fourth-order valence-corrected chi connectivity index (χ4v) is 1.52. The van der Waals surface area contributed by atoms with Crippen LogP contribution in [0.2, 0.25) is 0 Å². The van der Waals surface area contributed by atoms with Crippen molar-refractivity contribution in [2.45, 2.75) is 6.18 Å². The Bertz CT molecular complexity index is 561. The standard InChI is InChI=1S/C12H8F4N2/c13-8-2-3-9(10(17)5-8)7-1-4-11(18-6-7)12(14,15)16/h1-6H,17H2. The fourth-order valence-electron chi connectivity index (χ4n) is 1.52. The van der Waals surface area contributed by atoms with Gasteiger partial charge in [0.2, 0.25) is 0 Å². The molecular weight excluding hydrogens is 248 g/mol. The Balaban J connectivity index is 2.41. The number of rotatable bonds is 1. The molecule has 0 aliphatic rings. The summed E-state index contributed by atoms with van der Waals surface area (Å²) >= 11 is 0. The molecule has 2 rings (SSSR count). The summed E-state index contributed by atoms with van der Waals surface area (Å²) in [5.41, 5.74) is 5.60. The fraction of sp³-hybridized carbons (Fsp3) is 0.0833. The van der Waals surface area contributed by atoms with Crippen LogP contribution in [0.4, 0.5) is 23.2 Å². The topological polar surface area (TPSA) is 38.9 Å². The number of pyridine rings is 1. The van der Waals surface area contributed by atoms with Gasteiger partial charge in [-0.25, -0.2) is 4.39 Å². The molecule has 0 bridgehead atoms. The van der Waals surface area contributed by atoms with Crippen LogP contribution in [0.15, 0.2) is 36.5 Å². The number of halogens is 4. The smallest absolute Gasteiger partial charge is 0.398 e. The van der Waals surface area contributed by atoms with Gasteiger partial charge in [0.1, 0.15) is 11.5 Å². The van der Waals surface area contributed by atoms with E-state index in [0.717, 1.165) is 18.3 Å². The van der Waals surface area contributed by atoms with Crippen LogP contribution in [0, 0.1) is 5.82 Å². The van der Waals surface area contributed by atoms with E-state index in [1.807, 2.05) is 0 Å². The summed E-state index contributed by atoms with van der Waals surface area (Å²) in [6, 6.07) is 5.79. The molecule has 0 aliphatic carbocycles. The van der Waals surface area contributed by atoms with Crippen molar-refractivity contribution in [3.8, 4) is 11.1 Å². The number of anilines is 1. The number of hydrogen-bond acceptors (Lipinski definition) is 2. The number of hydrogen-bond donors (Lipinski definition) is 1. The first-order valence-electron chi connectivity index (χ1n) is 4.96. The van der Waals surface area contributed by atoms with Crippen LogP contribution < -0.4 is 5.73 Å². The van der Waals surface area contributed by atoms with Gasteiger partial charge in [-0.2, -0.15) is 13.2 Å². The maximum Gasteiger partial charge on any atom is 0.433 e. The lowest BCUT2D eigenvalue weighted by atomic mass is 10.1. The summed E-state index contributed by atoms with van der Waals surface area (Å²) in [6.45, 7) is 0. The molecule has 0 spiro atoms. The Labute approximate surface area is 100 Å². The molecule has 0 fully saturated rings. The van der Waals surface area contributed by atoms with Crippen molar-refractivity contribution in [3.05, 3.63) is 48.0 Å². The minimum atomic E-state index is -4.48. The number of nitrogens with two attached hydrogens (primary N) is 1. The first kappa shape index (κ1) is 12.3. The van der Waals surface area contributed by atoms with Crippen molar-refractivity contribution in [1.82, 2.24) is 4.98 Å². The van der Waals surface area contributed by atoms with Gasteiger partial charge in [0.25, 0.3) is 0 Å². The average molecular weight is 256 g/mol. The molecule has 18 heavy (non-hydrogen) atoms. The van der Waals surface area contributed by atoms with Gasteiger partial charge in [0.05, 0.1) is 0 Å². The lowest BCUT2D eigenvalue weighted by Gasteiger charge is -2.08. The SMILES string of the molecule is Nc1cc(F)ccc1-c1ccc(C(F)(F)F)nc1. The van der Waals surface area contributed by atoms with Crippen LogP contribution in [-0.2, 0) is 6.18 Å². The van der Waals surface area contributed by atoms with Gasteiger partial charge in [-0.05, 0) is 24.3 Å². The Morgan fingerprint density at radius 2 is 1.78 bits per heavy atom. The maximum absolute atomic E-state index is 12.8. The van der Waals surface area contributed by atoms with Crippen molar-refractivity contribution >= 4 is 5.69 Å². The zero-order valence-electron chi connectivity index (χ0n) is 9.00. The number of aromatic nitrogens is 1. The second-order valence-electron chi connectivity index (χ2n) is 3.66. The van der Waals surface area contributed by atoms with E-state index in [0.29, 0.717) is 11.1 Å². The molecule has 0 saturated carbocycles. The molecule has 0 saturated heterocycles. The molecule has 6 heteroatoms. The molecule has 1 aromatic carbocycles. The molecule has 94 valence electrons. The van der Waals surface area contributed by atoms with Crippen LogP contribution in [0.5, 0.6) is 0 Å². The van der Waals surface area contributed by atoms with Gasteiger partial charge >= 0.3 is 6.18 Å². The van der Waals surface area contributed by atoms with Crippen LogP contribution in [0.1, 0.15) is 5.69 Å². The number of nitrogens with zero attached hydrogens (tertiary/aromatic N) is 1. The van der Waals surface area contributed by atoms with Gasteiger partial charge in [0.15, 0.2) is 0 Å². The number of benzene rings is 1. The molecule has 0 radical (unpaired) electrons. The van der Waals surface area contributed by atoms with Gasteiger partial charge in [-0.15, -0.1) is 0 Å². The molecular formula is C12H8F4N2. The number of alkyl halides is 3. The first-order valence-corrected chi connectivity index (χ1v) is 4.96. The normalized spacial score (nSPS) is 11.6. The summed E-state index contributed by atoms with van der Waals surface area (Å²) < 4.78 is 49.8. The molecule has 0 aliphatic heterocycles. The predicted molar refractivity (Wildman–Crippen MR) is 59.0 cm³/mol. The molecule has 0 amide bonds. The summed E-state index contributed by atoms with van der Waals surface area (Å²) in [7, 11) is 0. The molecule has 2 aromatic rings. The third-order valence-corrected chi connectivity index (χ3v) is 2.38. The second-order valence-corrected chi connectivity index (χ2v) is 3.66. The van der Waals surface area contributed by atoms with E-state index in [4.69, 9.17) is 5.73 Å². The van der Waals surface area contributed by atoms with Crippen LogP contribution in [-0.4, -0.2) is 4.98 Å². The summed E-state index contributed by atoms with van der Waals surface area (Å²) in [5.74, 6) is -0.504. The predicted octanol–water partition coefficient (Wildman–Crippen LogP) is 3.49. The largest absolute Gasteiger partial charge is 0.433 e. The third kappa shape index (κ3) is 2.42. The highest BCUT2D eigenvalue weighted by Crippen LogP contribution is 2.30. The molecule has 2 N–H and O–H groups in total. The molecule has 0 atom stereocenters. The third-order valence-electron chi connectivity index (χ3n) is 2.38. The molecule has 0 unspecified atom stereocenters. The van der Waals surface area contributed by atoms with E-state index in [-0.39, 0.29) is 5.69 Å². The van der Waals surface area contributed by atoms with E-state index in [1.54, 1.807) is 0 Å². The van der Waals surface area contributed by atoms with Crippen LogP contribution in [0.25, 0.3) is 11.1 Å². The zero-order chi connectivity index (χ0) is 13.3. The lowest BCUT2D eigenvalue weighted by Crippen LogP contribution is -2.07. The van der Waals surface area contributed by atoms with Crippen LogP contribution >= 0.6 is 0 Å². The van der Waals surface area contributed by atoms with Crippen molar-refractivity contribution in [2.75, 3.05) is 5.73 Å². The number of nitrogen functional groups attached to an aromatic ring is 1. The molecule has 1 heterocycles. The first-order chi connectivity index (χ1) is 8.38.